The van der Waals surface area contributed by atoms with Crippen molar-refractivity contribution < 1.29 is 30.7 Å². The van der Waals surface area contributed by atoms with Gasteiger partial charge in [0.25, 0.3) is 6.43 Å². The summed E-state index contributed by atoms with van der Waals surface area (Å²) in [6.07, 6.45) is -3.58. The molecule has 0 N–H and O–H groups in total. The molecular formula is C25H21F7. The van der Waals surface area contributed by atoms with Crippen molar-refractivity contribution in [3.8, 4) is 22.3 Å². The Morgan fingerprint density at radius 2 is 1.28 bits per heavy atom. The Kier molecular flexibility index (Phi) is 7.94. The number of rotatable bonds is 9. The number of unbranched alkanes of at least 4 members (excludes halogenated alkanes) is 2. The van der Waals surface area contributed by atoms with Crippen molar-refractivity contribution in [1.82, 2.24) is 0 Å². The van der Waals surface area contributed by atoms with Gasteiger partial charge in [-0.15, -0.1) is 0 Å². The molecule has 0 spiro atoms. The fraction of sp³-hybridized carbons (Fsp3) is 0.280. The molecular weight excluding hydrogens is 433 g/mol. The summed E-state index contributed by atoms with van der Waals surface area (Å²) in [6, 6.07) is 10.9. The Balaban J connectivity index is 1.83. The molecule has 0 aromatic heterocycles. The zero-order chi connectivity index (χ0) is 23.3. The second-order valence-electron chi connectivity index (χ2n) is 7.49. The summed E-state index contributed by atoms with van der Waals surface area (Å²) in [6.45, 7) is -0.431. The molecule has 0 heterocycles. The van der Waals surface area contributed by atoms with Gasteiger partial charge >= 0.3 is 0 Å². The van der Waals surface area contributed by atoms with E-state index in [9.17, 15) is 30.7 Å². The second kappa shape index (κ2) is 10.7. The molecule has 0 fully saturated rings. The van der Waals surface area contributed by atoms with Crippen LogP contribution >= 0.6 is 0 Å². The summed E-state index contributed by atoms with van der Waals surface area (Å²) in [5.74, 6) is -2.43. The van der Waals surface area contributed by atoms with Gasteiger partial charge in [-0.25, -0.2) is 26.3 Å². The van der Waals surface area contributed by atoms with E-state index in [1.165, 1.54) is 36.4 Å². The minimum atomic E-state index is -3.16. The molecule has 0 saturated heterocycles. The minimum Gasteiger partial charge on any atom is -0.251 e. The largest absolute Gasteiger partial charge is 0.273 e. The van der Waals surface area contributed by atoms with E-state index in [2.05, 4.69) is 0 Å². The molecule has 1 atom stereocenters. The fourth-order valence-corrected chi connectivity index (χ4v) is 3.54. The first-order chi connectivity index (χ1) is 15.3. The van der Waals surface area contributed by atoms with Crippen molar-refractivity contribution in [2.75, 3.05) is 6.67 Å². The molecule has 0 bridgehead atoms. The smallest absolute Gasteiger partial charge is 0.251 e. The van der Waals surface area contributed by atoms with Crippen molar-refractivity contribution in [3.05, 3.63) is 83.2 Å². The zero-order valence-electron chi connectivity index (χ0n) is 17.0. The molecule has 32 heavy (non-hydrogen) atoms. The maximum Gasteiger partial charge on any atom is 0.273 e. The molecule has 1 unspecified atom stereocenters. The molecule has 0 nitrogen and oxygen atoms in total. The topological polar surface area (TPSA) is 0 Å². The number of alkyl halides is 4. The highest BCUT2D eigenvalue weighted by atomic mass is 19.3. The van der Waals surface area contributed by atoms with Gasteiger partial charge in [-0.2, -0.15) is 0 Å². The van der Waals surface area contributed by atoms with E-state index in [0.29, 0.717) is 36.8 Å². The van der Waals surface area contributed by atoms with E-state index in [4.69, 9.17) is 0 Å². The predicted molar refractivity (Wildman–Crippen MR) is 111 cm³/mol. The molecule has 7 heteroatoms. The van der Waals surface area contributed by atoms with Gasteiger partial charge in [-0.3, -0.25) is 4.39 Å². The molecule has 3 rings (SSSR count). The first-order valence-corrected chi connectivity index (χ1v) is 10.2. The lowest BCUT2D eigenvalue weighted by Crippen LogP contribution is -2.02. The zero-order valence-corrected chi connectivity index (χ0v) is 17.0. The average molecular weight is 454 g/mol. The third-order valence-corrected chi connectivity index (χ3v) is 5.22. The summed E-state index contributed by atoms with van der Waals surface area (Å²) in [5, 5.41) is 0. The summed E-state index contributed by atoms with van der Waals surface area (Å²) in [7, 11) is 0. The molecule has 3 aromatic rings. The monoisotopic (exact) mass is 454 g/mol. The molecule has 0 amide bonds. The molecule has 3 aromatic carbocycles. The highest BCUT2D eigenvalue weighted by Gasteiger charge is 2.21. The Labute approximate surface area is 181 Å². The van der Waals surface area contributed by atoms with Gasteiger partial charge in [0.05, 0.1) is 12.2 Å². The molecule has 0 saturated carbocycles. The number of halogens is 7. The van der Waals surface area contributed by atoms with Crippen LogP contribution in [0.25, 0.3) is 22.3 Å². The van der Waals surface area contributed by atoms with Gasteiger partial charge in [0.1, 0.15) is 17.5 Å². The van der Waals surface area contributed by atoms with Gasteiger partial charge < -0.3 is 0 Å². The van der Waals surface area contributed by atoms with Crippen LogP contribution in [0.3, 0.4) is 0 Å². The van der Waals surface area contributed by atoms with E-state index in [1.807, 2.05) is 0 Å². The minimum absolute atomic E-state index is 0.00312. The highest BCUT2D eigenvalue weighted by molar-refractivity contribution is 5.72. The molecule has 0 aliphatic heterocycles. The Hall–Kier alpha value is -2.83. The van der Waals surface area contributed by atoms with Crippen LogP contribution in [-0.2, 0) is 6.42 Å². The lowest BCUT2D eigenvalue weighted by molar-refractivity contribution is 0.0496. The average Bonchev–Trinajstić information content (AvgIpc) is 2.76. The highest BCUT2D eigenvalue weighted by Crippen LogP contribution is 2.33. The van der Waals surface area contributed by atoms with Crippen molar-refractivity contribution in [3.63, 3.8) is 0 Å². The Morgan fingerprint density at radius 3 is 1.84 bits per heavy atom. The molecule has 0 radical (unpaired) electrons. The fourth-order valence-electron chi connectivity index (χ4n) is 3.54. The molecule has 0 aliphatic carbocycles. The van der Waals surface area contributed by atoms with Gasteiger partial charge in [0.15, 0.2) is 6.17 Å². The lowest BCUT2D eigenvalue weighted by atomic mass is 9.96. The van der Waals surface area contributed by atoms with Crippen molar-refractivity contribution in [1.29, 1.82) is 0 Å². The first-order valence-electron chi connectivity index (χ1n) is 10.2. The van der Waals surface area contributed by atoms with E-state index < -0.39 is 36.7 Å². The normalized spacial score (nSPS) is 12.4. The number of hydrogen-bond acceptors (Lipinski definition) is 0. The van der Waals surface area contributed by atoms with Gasteiger partial charge in [0, 0.05) is 5.56 Å². The molecule has 0 aliphatic rings. The number of hydrogen-bond donors (Lipinski definition) is 0. The van der Waals surface area contributed by atoms with Gasteiger partial charge in [-0.1, -0.05) is 42.8 Å². The number of benzene rings is 3. The second-order valence-corrected chi connectivity index (χ2v) is 7.49. The van der Waals surface area contributed by atoms with Crippen molar-refractivity contribution in [2.24, 2.45) is 0 Å². The standard InChI is InChI=1S/C25H21F7/c26-11-3-1-2-4-15-12-21(28)23(22(29)13-15)18-9-10-19(20(27)14-18)16-5-7-17(8-6-16)24(30)25(31)32/h5-10,12-14,24-25H,1-4,11H2. The maximum absolute atomic E-state index is 14.7. The third-order valence-electron chi connectivity index (χ3n) is 5.22. The summed E-state index contributed by atoms with van der Waals surface area (Å²) in [4.78, 5) is 0. The van der Waals surface area contributed by atoms with Crippen LogP contribution in [-0.4, -0.2) is 13.1 Å². The summed E-state index contributed by atoms with van der Waals surface area (Å²) in [5.41, 5.74) is 0.241. The van der Waals surface area contributed by atoms with Crippen molar-refractivity contribution >= 4 is 0 Å². The first kappa shape index (κ1) is 23.8. The van der Waals surface area contributed by atoms with Gasteiger partial charge in [0.2, 0.25) is 0 Å². The lowest BCUT2D eigenvalue weighted by Gasteiger charge is -2.12. The molecule has 170 valence electrons. The van der Waals surface area contributed by atoms with Crippen LogP contribution in [0.2, 0.25) is 0 Å². The van der Waals surface area contributed by atoms with Crippen LogP contribution < -0.4 is 0 Å². The third kappa shape index (κ3) is 5.50. The van der Waals surface area contributed by atoms with Crippen LogP contribution in [0.15, 0.2) is 54.6 Å². The maximum atomic E-state index is 14.7. The van der Waals surface area contributed by atoms with Crippen LogP contribution in [0.4, 0.5) is 30.7 Å². The van der Waals surface area contributed by atoms with Crippen LogP contribution in [0.1, 0.15) is 36.6 Å². The summed E-state index contributed by atoms with van der Waals surface area (Å²) < 4.78 is 94.4. The number of aryl methyl sites for hydroxylation is 1. The SMILES string of the molecule is FCCCCCc1cc(F)c(-c2ccc(-c3ccc(C(F)C(F)F)cc3)c(F)c2)c(F)c1. The van der Waals surface area contributed by atoms with E-state index in [0.717, 1.165) is 18.2 Å². The van der Waals surface area contributed by atoms with E-state index >= 15 is 0 Å². The Morgan fingerprint density at radius 1 is 0.656 bits per heavy atom. The van der Waals surface area contributed by atoms with Crippen molar-refractivity contribution in [2.45, 2.75) is 38.3 Å². The Bertz CT molecular complexity index is 1020. The van der Waals surface area contributed by atoms with E-state index in [-0.39, 0.29) is 22.3 Å². The van der Waals surface area contributed by atoms with Crippen LogP contribution in [0, 0.1) is 17.5 Å². The predicted octanol–water partition coefficient (Wildman–Crippen LogP) is 8.40. The summed E-state index contributed by atoms with van der Waals surface area (Å²) >= 11 is 0. The van der Waals surface area contributed by atoms with Gasteiger partial charge in [-0.05, 0) is 59.7 Å². The van der Waals surface area contributed by atoms with E-state index in [1.54, 1.807) is 0 Å². The quantitative estimate of drug-likeness (QED) is 0.225. The van der Waals surface area contributed by atoms with Crippen LogP contribution in [0.5, 0.6) is 0 Å².